The van der Waals surface area contributed by atoms with Crippen molar-refractivity contribution in [1.82, 2.24) is 10.6 Å². The number of hydrogen-bond donors (Lipinski definition) is 3. The Morgan fingerprint density at radius 2 is 2.20 bits per heavy atom. The van der Waals surface area contributed by atoms with Gasteiger partial charge in [0.15, 0.2) is 5.96 Å². The van der Waals surface area contributed by atoms with Crippen molar-refractivity contribution in [1.29, 1.82) is 0 Å². The van der Waals surface area contributed by atoms with Crippen molar-refractivity contribution in [2.24, 2.45) is 4.99 Å². The third-order valence-electron chi connectivity index (χ3n) is 4.34. The van der Waals surface area contributed by atoms with E-state index in [0.29, 0.717) is 12.6 Å². The average molecular weight is 479 g/mol. The number of rotatable bonds is 6. The van der Waals surface area contributed by atoms with Gasteiger partial charge in [0.1, 0.15) is 11.5 Å². The molecule has 142 valence electrons. The maximum atomic E-state index is 9.99. The molecule has 0 saturated heterocycles. The molecule has 1 saturated carbocycles. The van der Waals surface area contributed by atoms with Crippen LogP contribution in [0.3, 0.4) is 0 Å². The van der Waals surface area contributed by atoms with Crippen molar-refractivity contribution in [3.05, 3.63) is 23.8 Å². The number of thioether (sulfide) groups is 1. The Kier molecular flexibility index (Phi) is 10.4. The first-order chi connectivity index (χ1) is 11.7. The zero-order valence-corrected chi connectivity index (χ0v) is 18.4. The van der Waals surface area contributed by atoms with E-state index in [4.69, 9.17) is 4.74 Å². The van der Waals surface area contributed by atoms with Crippen molar-refractivity contribution in [2.45, 2.75) is 50.4 Å². The maximum absolute atomic E-state index is 9.99. The third-order valence-corrected chi connectivity index (χ3v) is 5.43. The zero-order valence-electron chi connectivity index (χ0n) is 15.2. The molecule has 0 bridgehead atoms. The van der Waals surface area contributed by atoms with E-state index in [1.54, 1.807) is 19.2 Å². The molecular formula is C18H30IN3O2S. The summed E-state index contributed by atoms with van der Waals surface area (Å²) in [5, 5.41) is 17.6. The molecule has 2 unspecified atom stereocenters. The molecule has 2 atom stereocenters. The van der Waals surface area contributed by atoms with Crippen LogP contribution in [0.4, 0.5) is 0 Å². The van der Waals surface area contributed by atoms with E-state index in [1.807, 2.05) is 17.8 Å². The number of nitrogens with zero attached hydrogens (tertiary/aromatic N) is 1. The third kappa shape index (κ3) is 7.13. The van der Waals surface area contributed by atoms with Gasteiger partial charge in [-0.15, -0.1) is 24.0 Å². The summed E-state index contributed by atoms with van der Waals surface area (Å²) < 4.78 is 5.22. The van der Waals surface area contributed by atoms with Gasteiger partial charge in [-0.25, -0.2) is 4.99 Å². The predicted octanol–water partition coefficient (Wildman–Crippen LogP) is 3.75. The summed E-state index contributed by atoms with van der Waals surface area (Å²) in [4.78, 5) is 4.64. The number of phenols is 1. The molecule has 25 heavy (non-hydrogen) atoms. The van der Waals surface area contributed by atoms with Crippen molar-refractivity contribution in [3.63, 3.8) is 0 Å². The highest BCUT2D eigenvalue weighted by atomic mass is 127. The van der Waals surface area contributed by atoms with E-state index >= 15 is 0 Å². The Bertz CT molecular complexity index is 557. The highest BCUT2D eigenvalue weighted by Gasteiger charge is 2.21. The highest BCUT2D eigenvalue weighted by molar-refractivity contribution is 14.0. The van der Waals surface area contributed by atoms with Crippen molar-refractivity contribution in [2.75, 3.05) is 19.9 Å². The fourth-order valence-corrected chi connectivity index (χ4v) is 3.81. The fourth-order valence-electron chi connectivity index (χ4n) is 2.98. The summed E-state index contributed by atoms with van der Waals surface area (Å²) in [5.74, 6) is 1.79. The van der Waals surface area contributed by atoms with E-state index in [2.05, 4.69) is 28.8 Å². The molecule has 0 radical (unpaired) electrons. The molecule has 0 heterocycles. The second-order valence-electron chi connectivity index (χ2n) is 6.06. The minimum atomic E-state index is 0. The Morgan fingerprint density at radius 3 is 2.88 bits per heavy atom. The van der Waals surface area contributed by atoms with Gasteiger partial charge in [-0.1, -0.05) is 6.42 Å². The molecular weight excluding hydrogens is 449 g/mol. The SMILES string of the molecule is CCNC(=NCc1cc(OC)ccc1O)NC1CCCC(SC)C1.I. The van der Waals surface area contributed by atoms with Crippen LogP contribution >= 0.6 is 35.7 Å². The summed E-state index contributed by atoms with van der Waals surface area (Å²) in [7, 11) is 1.62. The molecule has 0 amide bonds. The van der Waals surface area contributed by atoms with Crippen molar-refractivity contribution < 1.29 is 9.84 Å². The monoisotopic (exact) mass is 479 g/mol. The average Bonchev–Trinajstić information content (AvgIpc) is 2.61. The summed E-state index contributed by atoms with van der Waals surface area (Å²) >= 11 is 1.96. The molecule has 1 aromatic carbocycles. The van der Waals surface area contributed by atoms with Gasteiger partial charge in [0, 0.05) is 23.4 Å². The van der Waals surface area contributed by atoms with Gasteiger partial charge in [0.2, 0.25) is 0 Å². The Morgan fingerprint density at radius 1 is 1.40 bits per heavy atom. The molecule has 5 nitrogen and oxygen atoms in total. The topological polar surface area (TPSA) is 65.9 Å². The summed E-state index contributed by atoms with van der Waals surface area (Å²) in [6.07, 6.45) is 7.13. The van der Waals surface area contributed by atoms with Gasteiger partial charge < -0.3 is 20.5 Å². The second kappa shape index (κ2) is 11.7. The predicted molar refractivity (Wildman–Crippen MR) is 118 cm³/mol. The molecule has 2 rings (SSSR count). The number of methoxy groups -OCH3 is 1. The van der Waals surface area contributed by atoms with Gasteiger partial charge in [0.05, 0.1) is 13.7 Å². The number of hydrogen-bond acceptors (Lipinski definition) is 4. The van der Waals surface area contributed by atoms with E-state index in [1.165, 1.54) is 25.7 Å². The minimum Gasteiger partial charge on any atom is -0.508 e. The number of guanidine groups is 1. The Balaban J connectivity index is 0.00000312. The molecule has 1 aliphatic carbocycles. The number of nitrogens with one attached hydrogen (secondary N) is 2. The number of ether oxygens (including phenoxy) is 1. The number of aliphatic imine (C=N–C) groups is 1. The Hall–Kier alpha value is -0.830. The number of halogens is 1. The van der Waals surface area contributed by atoms with Crippen LogP contribution in [-0.4, -0.2) is 42.3 Å². The lowest BCUT2D eigenvalue weighted by atomic mass is 9.95. The first-order valence-electron chi connectivity index (χ1n) is 8.59. The normalized spacial score (nSPS) is 20.5. The minimum absolute atomic E-state index is 0. The maximum Gasteiger partial charge on any atom is 0.191 e. The van der Waals surface area contributed by atoms with E-state index in [9.17, 15) is 5.11 Å². The van der Waals surface area contributed by atoms with E-state index in [0.717, 1.165) is 29.1 Å². The van der Waals surface area contributed by atoms with Crippen molar-refractivity contribution in [3.8, 4) is 11.5 Å². The van der Waals surface area contributed by atoms with Crippen LogP contribution in [0, 0.1) is 0 Å². The lowest BCUT2D eigenvalue weighted by Crippen LogP contribution is -2.45. The number of phenolic OH excluding ortho intramolecular Hbond substituents is 1. The van der Waals surface area contributed by atoms with Gasteiger partial charge >= 0.3 is 0 Å². The van der Waals surface area contributed by atoms with Crippen LogP contribution in [0.1, 0.15) is 38.2 Å². The fraction of sp³-hybridized carbons (Fsp3) is 0.611. The summed E-state index contributed by atoms with van der Waals surface area (Å²) in [6, 6.07) is 5.69. The number of aromatic hydroxyl groups is 1. The Labute approximate surface area is 172 Å². The lowest BCUT2D eigenvalue weighted by molar-refractivity contribution is 0.410. The van der Waals surface area contributed by atoms with Gasteiger partial charge in [-0.05, 0) is 50.6 Å². The van der Waals surface area contributed by atoms with Crippen LogP contribution in [0.25, 0.3) is 0 Å². The van der Waals surface area contributed by atoms with Crippen LogP contribution in [0.15, 0.2) is 23.2 Å². The zero-order chi connectivity index (χ0) is 17.4. The standard InChI is InChI=1S/C18H29N3O2S.HI/c1-4-19-18(21-14-6-5-7-16(11-14)24-3)20-12-13-10-15(23-2)8-9-17(13)22;/h8-10,14,16,22H,4-7,11-12H2,1-3H3,(H2,19,20,21);1H. The van der Waals surface area contributed by atoms with Crippen molar-refractivity contribution >= 4 is 41.7 Å². The molecule has 0 aliphatic heterocycles. The molecule has 0 spiro atoms. The molecule has 1 aliphatic rings. The van der Waals surface area contributed by atoms with E-state index < -0.39 is 0 Å². The second-order valence-corrected chi connectivity index (χ2v) is 7.19. The largest absolute Gasteiger partial charge is 0.508 e. The summed E-state index contributed by atoms with van der Waals surface area (Å²) in [6.45, 7) is 3.29. The van der Waals surface area contributed by atoms with Crippen LogP contribution in [-0.2, 0) is 6.54 Å². The first kappa shape index (κ1) is 22.2. The van der Waals surface area contributed by atoms with Gasteiger partial charge in [-0.3, -0.25) is 0 Å². The highest BCUT2D eigenvalue weighted by Crippen LogP contribution is 2.27. The molecule has 0 aromatic heterocycles. The first-order valence-corrected chi connectivity index (χ1v) is 9.88. The quantitative estimate of drug-likeness (QED) is 0.330. The molecule has 3 N–H and O–H groups in total. The lowest BCUT2D eigenvalue weighted by Gasteiger charge is -2.29. The van der Waals surface area contributed by atoms with E-state index in [-0.39, 0.29) is 29.7 Å². The molecule has 1 aromatic rings. The van der Waals surface area contributed by atoms with Crippen LogP contribution < -0.4 is 15.4 Å². The van der Waals surface area contributed by atoms with Gasteiger partial charge in [-0.2, -0.15) is 11.8 Å². The van der Waals surface area contributed by atoms with Crippen LogP contribution in [0.2, 0.25) is 0 Å². The molecule has 1 fully saturated rings. The summed E-state index contributed by atoms with van der Waals surface area (Å²) in [5.41, 5.74) is 0.761. The van der Waals surface area contributed by atoms with Gasteiger partial charge in [0.25, 0.3) is 0 Å². The smallest absolute Gasteiger partial charge is 0.191 e. The molecule has 7 heteroatoms. The van der Waals surface area contributed by atoms with Crippen LogP contribution in [0.5, 0.6) is 11.5 Å². The number of benzene rings is 1.